The Hall–Kier alpha value is -1.65. The van der Waals surface area contributed by atoms with E-state index in [1.54, 1.807) is 24.6 Å². The van der Waals surface area contributed by atoms with Crippen LogP contribution in [0.3, 0.4) is 0 Å². The second-order valence-electron chi connectivity index (χ2n) is 6.69. The van der Waals surface area contributed by atoms with Gasteiger partial charge in [-0.05, 0) is 23.8 Å². The Morgan fingerprint density at radius 3 is 2.59 bits per heavy atom. The van der Waals surface area contributed by atoms with Crippen molar-refractivity contribution in [2.75, 3.05) is 13.6 Å². The van der Waals surface area contributed by atoms with Crippen molar-refractivity contribution in [1.29, 1.82) is 0 Å². The normalized spacial score (nSPS) is 12.5. The van der Waals surface area contributed by atoms with E-state index in [2.05, 4.69) is 44.9 Å². The first-order valence-corrected chi connectivity index (χ1v) is 10.5. The molecule has 0 saturated carbocycles. The third kappa shape index (κ3) is 6.68. The van der Waals surface area contributed by atoms with Crippen LogP contribution in [0.1, 0.15) is 42.1 Å². The first-order valence-electron chi connectivity index (χ1n) is 9.20. The molecule has 0 saturated heterocycles. The summed E-state index contributed by atoms with van der Waals surface area (Å²) in [6, 6.07) is 9.79. The maximum atomic E-state index is 6.04. The zero-order valence-corrected chi connectivity index (χ0v) is 20.6. The largest absolute Gasteiger partial charge is 0.354 e. The minimum Gasteiger partial charge on any atom is -0.354 e. The fourth-order valence-electron chi connectivity index (χ4n) is 2.77. The van der Waals surface area contributed by atoms with Crippen LogP contribution in [0.15, 0.2) is 53.1 Å². The molecule has 2 aromatic heterocycles. The summed E-state index contributed by atoms with van der Waals surface area (Å²) in [6.07, 6.45) is 3.74. The first kappa shape index (κ1) is 23.6. The molecule has 1 atom stereocenters. The van der Waals surface area contributed by atoms with Crippen LogP contribution >= 0.6 is 46.9 Å². The molecule has 0 amide bonds. The summed E-state index contributed by atoms with van der Waals surface area (Å²) >= 11 is 7.74. The van der Waals surface area contributed by atoms with Gasteiger partial charge in [0.1, 0.15) is 0 Å². The van der Waals surface area contributed by atoms with Gasteiger partial charge in [0.2, 0.25) is 0 Å². The van der Waals surface area contributed by atoms with Crippen LogP contribution in [0.4, 0.5) is 0 Å². The van der Waals surface area contributed by atoms with Crippen LogP contribution < -0.4 is 10.6 Å². The predicted octanol–water partition coefficient (Wildman–Crippen LogP) is 4.69. The number of halogens is 2. The lowest BCUT2D eigenvalue weighted by molar-refractivity contribution is 0.510. The van der Waals surface area contributed by atoms with Crippen molar-refractivity contribution < 1.29 is 0 Å². The van der Waals surface area contributed by atoms with Gasteiger partial charge in [-0.1, -0.05) is 37.6 Å². The van der Waals surface area contributed by atoms with Crippen molar-refractivity contribution in [2.45, 2.75) is 32.4 Å². The molecule has 0 aliphatic heterocycles. The lowest BCUT2D eigenvalue weighted by Crippen LogP contribution is -2.40. The zero-order chi connectivity index (χ0) is 19.9. The van der Waals surface area contributed by atoms with E-state index < -0.39 is 0 Å². The Balaban J connectivity index is 0.00000300. The van der Waals surface area contributed by atoms with Crippen molar-refractivity contribution >= 4 is 52.9 Å². The molecule has 0 aliphatic rings. The maximum absolute atomic E-state index is 6.04. The Bertz CT molecular complexity index is 892. The number of aliphatic imine (C=N–C) groups is 1. The molecule has 3 rings (SSSR count). The van der Waals surface area contributed by atoms with E-state index in [1.807, 2.05) is 41.2 Å². The number of thiazole rings is 1. The number of nitrogens with one attached hydrogen (secondary N) is 2. The standard InChI is InChI=1S/C20H25ClN6S.HI/c1-14(2)19-26-17(13-28-19)11-23-20(22-3)24-12-18(27-10-4-9-25-27)15-5-7-16(21)8-6-15;/h4-10,13-14,18H,11-12H2,1-3H3,(H2,22,23,24);1H. The van der Waals surface area contributed by atoms with Crippen molar-refractivity contribution in [2.24, 2.45) is 4.99 Å². The van der Waals surface area contributed by atoms with Gasteiger partial charge in [-0.15, -0.1) is 35.3 Å². The van der Waals surface area contributed by atoms with Crippen LogP contribution in [-0.2, 0) is 6.54 Å². The number of guanidine groups is 1. The summed E-state index contributed by atoms with van der Waals surface area (Å²) in [6.45, 7) is 5.58. The van der Waals surface area contributed by atoms with Crippen LogP contribution in [0.5, 0.6) is 0 Å². The topological polar surface area (TPSA) is 67.1 Å². The third-order valence-corrected chi connectivity index (χ3v) is 5.73. The van der Waals surface area contributed by atoms with Gasteiger partial charge in [-0.25, -0.2) is 4.98 Å². The monoisotopic (exact) mass is 544 g/mol. The van der Waals surface area contributed by atoms with E-state index >= 15 is 0 Å². The van der Waals surface area contributed by atoms with Crippen LogP contribution in [-0.4, -0.2) is 34.3 Å². The molecule has 3 aromatic rings. The molecule has 1 aromatic carbocycles. The highest BCUT2D eigenvalue weighted by Crippen LogP contribution is 2.20. The summed E-state index contributed by atoms with van der Waals surface area (Å²) in [5.41, 5.74) is 2.15. The van der Waals surface area contributed by atoms with E-state index in [-0.39, 0.29) is 30.0 Å². The summed E-state index contributed by atoms with van der Waals surface area (Å²) < 4.78 is 1.93. The molecular formula is C20H26ClIN6S. The van der Waals surface area contributed by atoms with Gasteiger partial charge in [0, 0.05) is 42.3 Å². The Morgan fingerprint density at radius 1 is 1.24 bits per heavy atom. The van der Waals surface area contributed by atoms with E-state index in [4.69, 9.17) is 11.6 Å². The average molecular weight is 545 g/mol. The fraction of sp³-hybridized carbons (Fsp3) is 0.350. The number of benzene rings is 1. The van der Waals surface area contributed by atoms with E-state index in [9.17, 15) is 0 Å². The molecule has 0 bridgehead atoms. The van der Waals surface area contributed by atoms with Crippen LogP contribution in [0.2, 0.25) is 5.02 Å². The van der Waals surface area contributed by atoms with Gasteiger partial charge in [0.05, 0.1) is 23.3 Å². The molecule has 0 spiro atoms. The van der Waals surface area contributed by atoms with E-state index in [0.717, 1.165) is 27.2 Å². The highest BCUT2D eigenvalue weighted by atomic mass is 127. The Kier molecular flexibility index (Phi) is 9.38. The summed E-state index contributed by atoms with van der Waals surface area (Å²) in [4.78, 5) is 8.98. The SMILES string of the molecule is CN=C(NCc1csc(C(C)C)n1)NCC(c1ccc(Cl)cc1)n1cccn1.I. The maximum Gasteiger partial charge on any atom is 0.191 e. The molecule has 0 aliphatic carbocycles. The van der Waals surface area contributed by atoms with Gasteiger partial charge in [0.25, 0.3) is 0 Å². The predicted molar refractivity (Wildman–Crippen MR) is 132 cm³/mol. The molecule has 2 N–H and O–H groups in total. The van der Waals surface area contributed by atoms with E-state index in [1.165, 1.54) is 0 Å². The smallest absolute Gasteiger partial charge is 0.191 e. The molecule has 0 fully saturated rings. The lowest BCUT2D eigenvalue weighted by Gasteiger charge is -2.20. The highest BCUT2D eigenvalue weighted by molar-refractivity contribution is 14.0. The molecule has 156 valence electrons. The van der Waals surface area contributed by atoms with Gasteiger partial charge >= 0.3 is 0 Å². The van der Waals surface area contributed by atoms with Crippen LogP contribution in [0.25, 0.3) is 0 Å². The molecule has 2 heterocycles. The van der Waals surface area contributed by atoms with Crippen molar-refractivity contribution in [3.63, 3.8) is 0 Å². The Morgan fingerprint density at radius 2 is 2.00 bits per heavy atom. The van der Waals surface area contributed by atoms with Crippen molar-refractivity contribution in [3.05, 3.63) is 69.4 Å². The average Bonchev–Trinajstić information content (AvgIpc) is 3.38. The fourth-order valence-corrected chi connectivity index (χ4v) is 3.73. The third-order valence-electron chi connectivity index (χ3n) is 4.29. The second kappa shape index (κ2) is 11.5. The van der Waals surface area contributed by atoms with Crippen LogP contribution in [0, 0.1) is 0 Å². The summed E-state index contributed by atoms with van der Waals surface area (Å²) in [5.74, 6) is 1.18. The number of hydrogen-bond acceptors (Lipinski definition) is 4. The van der Waals surface area contributed by atoms with Gasteiger partial charge in [-0.2, -0.15) is 5.10 Å². The number of hydrogen-bond donors (Lipinski definition) is 2. The minimum absolute atomic E-state index is 0. The van der Waals surface area contributed by atoms with Gasteiger partial charge in [-0.3, -0.25) is 9.67 Å². The molecule has 29 heavy (non-hydrogen) atoms. The Labute approximate surface area is 197 Å². The minimum atomic E-state index is 0. The van der Waals surface area contributed by atoms with Gasteiger partial charge < -0.3 is 10.6 Å². The zero-order valence-electron chi connectivity index (χ0n) is 16.7. The summed E-state index contributed by atoms with van der Waals surface area (Å²) in [7, 11) is 1.77. The summed E-state index contributed by atoms with van der Waals surface area (Å²) in [5, 5.41) is 15.1. The first-order chi connectivity index (χ1) is 13.6. The molecule has 6 nitrogen and oxygen atoms in total. The van der Waals surface area contributed by atoms with E-state index in [0.29, 0.717) is 19.0 Å². The number of aromatic nitrogens is 3. The van der Waals surface area contributed by atoms with Crippen molar-refractivity contribution in [1.82, 2.24) is 25.4 Å². The number of rotatable bonds is 7. The second-order valence-corrected chi connectivity index (χ2v) is 8.02. The highest BCUT2D eigenvalue weighted by Gasteiger charge is 2.15. The molecular weight excluding hydrogens is 519 g/mol. The molecule has 9 heteroatoms. The lowest BCUT2D eigenvalue weighted by atomic mass is 10.1. The molecule has 0 radical (unpaired) electrons. The number of nitrogens with zero attached hydrogens (tertiary/aromatic N) is 4. The van der Waals surface area contributed by atoms with Crippen molar-refractivity contribution in [3.8, 4) is 0 Å². The quantitative estimate of drug-likeness (QED) is 0.257. The van der Waals surface area contributed by atoms with Gasteiger partial charge in [0.15, 0.2) is 5.96 Å². The molecule has 1 unspecified atom stereocenters.